The van der Waals surface area contributed by atoms with Gasteiger partial charge in [0.1, 0.15) is 11.5 Å². The van der Waals surface area contributed by atoms with E-state index in [1.165, 1.54) is 0 Å². The number of benzene rings is 1. The molecule has 0 aromatic heterocycles. The standard InChI is InChI=1S/C13H15FN2O5/c14-10-7-12(16(19)20)11(6-9(10)13(17)18)15-4-3-8-2-1-5-21-8/h6-8,15H,1-5H2,(H,17,18). The zero-order valence-corrected chi connectivity index (χ0v) is 11.2. The van der Waals surface area contributed by atoms with Gasteiger partial charge >= 0.3 is 5.97 Å². The predicted molar refractivity (Wildman–Crippen MR) is 72.1 cm³/mol. The van der Waals surface area contributed by atoms with Crippen molar-refractivity contribution >= 4 is 17.3 Å². The van der Waals surface area contributed by atoms with Crippen LogP contribution in [0.2, 0.25) is 0 Å². The third-order valence-corrected chi connectivity index (χ3v) is 3.32. The monoisotopic (exact) mass is 298 g/mol. The molecule has 1 atom stereocenters. The molecule has 8 heteroatoms. The quantitative estimate of drug-likeness (QED) is 0.617. The summed E-state index contributed by atoms with van der Waals surface area (Å²) >= 11 is 0. The van der Waals surface area contributed by atoms with Crippen molar-refractivity contribution in [3.8, 4) is 0 Å². The average Bonchev–Trinajstić information content (AvgIpc) is 2.92. The van der Waals surface area contributed by atoms with Crippen molar-refractivity contribution in [3.05, 3.63) is 33.6 Å². The lowest BCUT2D eigenvalue weighted by atomic mass is 10.1. The smallest absolute Gasteiger partial charge is 0.338 e. The molecule has 1 fully saturated rings. The summed E-state index contributed by atoms with van der Waals surface area (Å²) in [6, 6.07) is 1.57. The fraction of sp³-hybridized carbons (Fsp3) is 0.462. The minimum atomic E-state index is -1.47. The van der Waals surface area contributed by atoms with Crippen LogP contribution in [0.1, 0.15) is 29.6 Å². The highest BCUT2D eigenvalue weighted by atomic mass is 19.1. The molecule has 0 amide bonds. The number of hydrogen-bond acceptors (Lipinski definition) is 5. The second-order valence-electron chi connectivity index (χ2n) is 4.76. The highest BCUT2D eigenvalue weighted by Gasteiger charge is 2.22. The topological polar surface area (TPSA) is 102 Å². The Labute approximate surface area is 119 Å². The Balaban J connectivity index is 2.13. The maximum absolute atomic E-state index is 13.5. The van der Waals surface area contributed by atoms with Gasteiger partial charge in [-0.3, -0.25) is 10.1 Å². The first kappa shape index (κ1) is 15.2. The Morgan fingerprint density at radius 1 is 1.57 bits per heavy atom. The second kappa shape index (κ2) is 6.49. The molecule has 0 saturated carbocycles. The number of carbonyl (C=O) groups is 1. The van der Waals surface area contributed by atoms with Crippen molar-refractivity contribution in [2.75, 3.05) is 18.5 Å². The molecule has 2 rings (SSSR count). The summed E-state index contributed by atoms with van der Waals surface area (Å²) in [6.45, 7) is 1.10. The number of carboxylic acids is 1. The predicted octanol–water partition coefficient (Wildman–Crippen LogP) is 2.41. The maximum atomic E-state index is 13.5. The molecule has 0 spiro atoms. The third-order valence-electron chi connectivity index (χ3n) is 3.32. The van der Waals surface area contributed by atoms with Gasteiger partial charge < -0.3 is 15.2 Å². The second-order valence-corrected chi connectivity index (χ2v) is 4.76. The van der Waals surface area contributed by atoms with Gasteiger partial charge in [-0.1, -0.05) is 0 Å². The van der Waals surface area contributed by atoms with E-state index in [9.17, 15) is 19.3 Å². The minimum absolute atomic E-state index is 0.00297. The van der Waals surface area contributed by atoms with Crippen molar-refractivity contribution < 1.29 is 24.0 Å². The SMILES string of the molecule is O=C(O)c1cc(NCCC2CCCO2)c([N+](=O)[O-])cc1F. The lowest BCUT2D eigenvalue weighted by Crippen LogP contribution is -2.14. The summed E-state index contributed by atoms with van der Waals surface area (Å²) in [4.78, 5) is 21.0. The van der Waals surface area contributed by atoms with Crippen LogP contribution in [-0.4, -0.2) is 35.3 Å². The highest BCUT2D eigenvalue weighted by molar-refractivity contribution is 5.90. The van der Waals surface area contributed by atoms with E-state index in [0.29, 0.717) is 25.6 Å². The van der Waals surface area contributed by atoms with Gasteiger partial charge in [0.2, 0.25) is 0 Å². The van der Waals surface area contributed by atoms with E-state index in [4.69, 9.17) is 9.84 Å². The number of rotatable bonds is 6. The van der Waals surface area contributed by atoms with Gasteiger partial charge in [0.05, 0.1) is 22.7 Å². The number of nitro benzene ring substituents is 1. The van der Waals surface area contributed by atoms with Gasteiger partial charge in [-0.05, 0) is 25.3 Å². The van der Waals surface area contributed by atoms with Crippen molar-refractivity contribution in [1.29, 1.82) is 0 Å². The zero-order valence-electron chi connectivity index (χ0n) is 11.2. The Morgan fingerprint density at radius 2 is 2.33 bits per heavy atom. The van der Waals surface area contributed by atoms with E-state index in [1.54, 1.807) is 0 Å². The van der Waals surface area contributed by atoms with E-state index in [0.717, 1.165) is 18.9 Å². The van der Waals surface area contributed by atoms with Crippen LogP contribution in [-0.2, 0) is 4.74 Å². The minimum Gasteiger partial charge on any atom is -0.478 e. The van der Waals surface area contributed by atoms with E-state index >= 15 is 0 Å². The summed E-state index contributed by atoms with van der Waals surface area (Å²) in [6.07, 6.45) is 2.69. The molecule has 1 heterocycles. The van der Waals surface area contributed by atoms with E-state index in [2.05, 4.69) is 5.32 Å². The summed E-state index contributed by atoms with van der Waals surface area (Å²) in [5.74, 6) is -2.59. The maximum Gasteiger partial charge on any atom is 0.338 e. The van der Waals surface area contributed by atoms with Crippen LogP contribution in [0.3, 0.4) is 0 Å². The van der Waals surface area contributed by atoms with Gasteiger partial charge in [0.15, 0.2) is 0 Å². The van der Waals surface area contributed by atoms with Crippen LogP contribution in [0.5, 0.6) is 0 Å². The van der Waals surface area contributed by atoms with Crippen molar-refractivity contribution in [3.63, 3.8) is 0 Å². The summed E-state index contributed by atoms with van der Waals surface area (Å²) in [5, 5.41) is 22.6. The number of aromatic carboxylic acids is 1. The Bertz CT molecular complexity index is 558. The first-order valence-corrected chi connectivity index (χ1v) is 6.55. The first-order valence-electron chi connectivity index (χ1n) is 6.55. The number of halogens is 1. The Hall–Kier alpha value is -2.22. The lowest BCUT2D eigenvalue weighted by Gasteiger charge is -2.12. The summed E-state index contributed by atoms with van der Waals surface area (Å²) in [7, 11) is 0. The molecule has 1 aromatic rings. The van der Waals surface area contributed by atoms with E-state index in [-0.39, 0.29) is 11.8 Å². The number of nitro groups is 1. The van der Waals surface area contributed by atoms with Crippen molar-refractivity contribution in [2.24, 2.45) is 0 Å². The Kier molecular flexibility index (Phi) is 4.69. The lowest BCUT2D eigenvalue weighted by molar-refractivity contribution is -0.384. The van der Waals surface area contributed by atoms with Crippen molar-refractivity contribution in [1.82, 2.24) is 0 Å². The molecular formula is C13H15FN2O5. The van der Waals surface area contributed by atoms with Gasteiger partial charge in [0.25, 0.3) is 5.69 Å². The number of carboxylic acid groups (broad SMARTS) is 1. The van der Waals surface area contributed by atoms with Crippen molar-refractivity contribution in [2.45, 2.75) is 25.4 Å². The molecule has 1 unspecified atom stereocenters. The molecule has 0 bridgehead atoms. The Morgan fingerprint density at radius 3 is 2.90 bits per heavy atom. The summed E-state index contributed by atoms with van der Waals surface area (Å²) in [5.41, 5.74) is -1.08. The molecule has 2 N–H and O–H groups in total. The van der Waals surface area contributed by atoms with Gasteiger partial charge in [-0.25, -0.2) is 9.18 Å². The molecule has 1 aromatic carbocycles. The number of ether oxygens (including phenoxy) is 1. The van der Waals surface area contributed by atoms with Crippen LogP contribution in [0.15, 0.2) is 12.1 Å². The van der Waals surface area contributed by atoms with Gasteiger partial charge in [-0.15, -0.1) is 0 Å². The number of hydrogen-bond donors (Lipinski definition) is 2. The van der Waals surface area contributed by atoms with E-state index < -0.39 is 28.0 Å². The zero-order chi connectivity index (χ0) is 15.4. The van der Waals surface area contributed by atoms with E-state index in [1.807, 2.05) is 0 Å². The third kappa shape index (κ3) is 3.66. The number of nitrogens with zero attached hydrogens (tertiary/aromatic N) is 1. The number of nitrogens with one attached hydrogen (secondary N) is 1. The highest BCUT2D eigenvalue weighted by Crippen LogP contribution is 2.28. The van der Waals surface area contributed by atoms with Crippen LogP contribution < -0.4 is 5.32 Å². The molecular weight excluding hydrogens is 283 g/mol. The molecule has 0 radical (unpaired) electrons. The first-order chi connectivity index (χ1) is 9.99. The van der Waals surface area contributed by atoms with Crippen LogP contribution in [0.25, 0.3) is 0 Å². The number of anilines is 1. The molecule has 21 heavy (non-hydrogen) atoms. The molecule has 1 saturated heterocycles. The largest absolute Gasteiger partial charge is 0.478 e. The normalized spacial score (nSPS) is 17.7. The van der Waals surface area contributed by atoms with Crippen LogP contribution in [0.4, 0.5) is 15.8 Å². The molecule has 0 aliphatic carbocycles. The van der Waals surface area contributed by atoms with Crippen LogP contribution in [0, 0.1) is 15.9 Å². The molecule has 7 nitrogen and oxygen atoms in total. The molecule has 114 valence electrons. The fourth-order valence-electron chi connectivity index (χ4n) is 2.26. The van der Waals surface area contributed by atoms with Gasteiger partial charge in [-0.2, -0.15) is 0 Å². The van der Waals surface area contributed by atoms with Gasteiger partial charge in [0, 0.05) is 13.2 Å². The van der Waals surface area contributed by atoms with Crippen LogP contribution >= 0.6 is 0 Å². The molecule has 1 aliphatic rings. The molecule has 1 aliphatic heterocycles. The summed E-state index contributed by atoms with van der Waals surface area (Å²) < 4.78 is 18.9. The average molecular weight is 298 g/mol. The fourth-order valence-corrected chi connectivity index (χ4v) is 2.26.